The maximum absolute atomic E-state index is 12.7. The SMILES string of the molecule is CC1(C)CCCN(C(=O)c2ccncc2C#CCO)CC1. The fourth-order valence-corrected chi connectivity index (χ4v) is 2.61. The van der Waals surface area contributed by atoms with E-state index in [0.29, 0.717) is 16.5 Å². The Kier molecular flexibility index (Phi) is 4.98. The summed E-state index contributed by atoms with van der Waals surface area (Å²) in [5.74, 6) is 5.40. The van der Waals surface area contributed by atoms with Gasteiger partial charge in [-0.3, -0.25) is 9.78 Å². The summed E-state index contributed by atoms with van der Waals surface area (Å²) >= 11 is 0. The first kappa shape index (κ1) is 15.5. The number of hydrogen-bond acceptors (Lipinski definition) is 3. The average molecular weight is 286 g/mol. The number of rotatable bonds is 1. The molecule has 0 aromatic carbocycles. The zero-order valence-electron chi connectivity index (χ0n) is 12.7. The number of hydrogen-bond donors (Lipinski definition) is 1. The van der Waals surface area contributed by atoms with E-state index < -0.39 is 0 Å². The molecule has 0 radical (unpaired) electrons. The summed E-state index contributed by atoms with van der Waals surface area (Å²) in [6.07, 6.45) is 6.38. The summed E-state index contributed by atoms with van der Waals surface area (Å²) in [6.45, 7) is 5.86. The number of pyridine rings is 1. The van der Waals surface area contributed by atoms with Crippen molar-refractivity contribution in [1.29, 1.82) is 0 Å². The van der Waals surface area contributed by atoms with Gasteiger partial charge in [-0.1, -0.05) is 25.7 Å². The van der Waals surface area contributed by atoms with Crippen molar-refractivity contribution in [2.75, 3.05) is 19.7 Å². The lowest BCUT2D eigenvalue weighted by molar-refractivity contribution is 0.0757. The van der Waals surface area contributed by atoms with Gasteiger partial charge < -0.3 is 10.0 Å². The molecule has 4 heteroatoms. The molecular formula is C17H22N2O2. The normalized spacial score (nSPS) is 17.6. The Hall–Kier alpha value is -1.86. The third-order valence-electron chi connectivity index (χ3n) is 3.98. The van der Waals surface area contributed by atoms with E-state index in [-0.39, 0.29) is 12.5 Å². The molecule has 1 fully saturated rings. The Balaban J connectivity index is 2.20. The molecule has 2 heterocycles. The molecule has 21 heavy (non-hydrogen) atoms. The number of carbonyl (C=O) groups excluding carboxylic acids is 1. The maximum Gasteiger partial charge on any atom is 0.255 e. The Morgan fingerprint density at radius 3 is 3.00 bits per heavy atom. The van der Waals surface area contributed by atoms with Crippen LogP contribution in [-0.2, 0) is 0 Å². The van der Waals surface area contributed by atoms with Gasteiger partial charge in [0.25, 0.3) is 5.91 Å². The van der Waals surface area contributed by atoms with E-state index in [1.165, 1.54) is 0 Å². The van der Waals surface area contributed by atoms with Crippen molar-refractivity contribution in [3.8, 4) is 11.8 Å². The van der Waals surface area contributed by atoms with E-state index in [2.05, 4.69) is 30.7 Å². The molecule has 0 unspecified atom stereocenters. The minimum absolute atomic E-state index is 0.0114. The number of amides is 1. The second kappa shape index (κ2) is 6.73. The highest BCUT2D eigenvalue weighted by atomic mass is 16.2. The second-order valence-electron chi connectivity index (χ2n) is 6.19. The molecule has 2 rings (SSSR count). The number of aliphatic hydroxyl groups is 1. The molecule has 1 aromatic heterocycles. The summed E-state index contributed by atoms with van der Waals surface area (Å²) in [7, 11) is 0. The van der Waals surface area contributed by atoms with E-state index in [4.69, 9.17) is 5.11 Å². The van der Waals surface area contributed by atoms with Crippen LogP contribution in [0.1, 0.15) is 49.0 Å². The topological polar surface area (TPSA) is 53.4 Å². The number of carbonyl (C=O) groups is 1. The van der Waals surface area contributed by atoms with E-state index in [9.17, 15) is 4.79 Å². The van der Waals surface area contributed by atoms with Gasteiger partial charge in [0, 0.05) is 25.5 Å². The van der Waals surface area contributed by atoms with Gasteiger partial charge in [0.2, 0.25) is 0 Å². The van der Waals surface area contributed by atoms with Gasteiger partial charge in [0.05, 0.1) is 11.1 Å². The van der Waals surface area contributed by atoms with Crippen molar-refractivity contribution >= 4 is 5.91 Å². The number of aromatic nitrogens is 1. The molecule has 4 nitrogen and oxygen atoms in total. The van der Waals surface area contributed by atoms with Crippen molar-refractivity contribution in [1.82, 2.24) is 9.88 Å². The number of likely N-dealkylation sites (tertiary alicyclic amines) is 1. The standard InChI is InChI=1S/C17H22N2O2/c1-17(2)7-4-10-19(11-8-17)16(21)15-6-9-18-13-14(15)5-3-12-20/h6,9,13,20H,4,7-8,10-12H2,1-2H3. The molecule has 1 saturated heterocycles. The van der Waals surface area contributed by atoms with Gasteiger partial charge in [0.1, 0.15) is 6.61 Å². The lowest BCUT2D eigenvalue weighted by Crippen LogP contribution is -2.33. The van der Waals surface area contributed by atoms with Crippen LogP contribution in [0.15, 0.2) is 18.5 Å². The monoisotopic (exact) mass is 286 g/mol. The molecule has 0 spiro atoms. The summed E-state index contributed by atoms with van der Waals surface area (Å²) in [5.41, 5.74) is 1.46. The van der Waals surface area contributed by atoms with Crippen LogP contribution in [0.3, 0.4) is 0 Å². The molecule has 1 amide bonds. The number of aliphatic hydroxyl groups excluding tert-OH is 1. The molecule has 0 saturated carbocycles. The molecule has 1 aromatic rings. The Morgan fingerprint density at radius 1 is 1.43 bits per heavy atom. The van der Waals surface area contributed by atoms with Crippen LogP contribution >= 0.6 is 0 Å². The van der Waals surface area contributed by atoms with E-state index in [0.717, 1.165) is 32.4 Å². The van der Waals surface area contributed by atoms with Crippen molar-refractivity contribution in [2.24, 2.45) is 5.41 Å². The molecule has 0 atom stereocenters. The Morgan fingerprint density at radius 2 is 2.24 bits per heavy atom. The average Bonchev–Trinajstić information content (AvgIpc) is 2.65. The smallest absolute Gasteiger partial charge is 0.255 e. The van der Waals surface area contributed by atoms with Gasteiger partial charge in [-0.15, -0.1) is 0 Å². The van der Waals surface area contributed by atoms with Gasteiger partial charge >= 0.3 is 0 Å². The summed E-state index contributed by atoms with van der Waals surface area (Å²) in [5, 5.41) is 8.81. The van der Waals surface area contributed by atoms with Crippen molar-refractivity contribution < 1.29 is 9.90 Å². The molecular weight excluding hydrogens is 264 g/mol. The molecule has 1 N–H and O–H groups in total. The van der Waals surface area contributed by atoms with E-state index in [1.807, 2.05) is 4.90 Å². The van der Waals surface area contributed by atoms with E-state index in [1.54, 1.807) is 18.5 Å². The quantitative estimate of drug-likeness (QED) is 0.804. The van der Waals surface area contributed by atoms with Gasteiger partial charge in [-0.05, 0) is 30.7 Å². The van der Waals surface area contributed by atoms with Crippen LogP contribution in [0.2, 0.25) is 0 Å². The number of nitrogens with zero attached hydrogens (tertiary/aromatic N) is 2. The highest BCUT2D eigenvalue weighted by Crippen LogP contribution is 2.30. The molecule has 112 valence electrons. The highest BCUT2D eigenvalue weighted by Gasteiger charge is 2.26. The summed E-state index contributed by atoms with van der Waals surface area (Å²) < 4.78 is 0. The van der Waals surface area contributed by atoms with Gasteiger partial charge in [-0.2, -0.15) is 0 Å². The Labute approximate surface area is 126 Å². The first-order chi connectivity index (χ1) is 10.0. The first-order valence-corrected chi connectivity index (χ1v) is 7.36. The predicted octanol–water partition coefficient (Wildman–Crippen LogP) is 2.08. The van der Waals surface area contributed by atoms with Crippen molar-refractivity contribution in [3.05, 3.63) is 29.6 Å². The van der Waals surface area contributed by atoms with Crippen molar-refractivity contribution in [2.45, 2.75) is 33.1 Å². The third-order valence-corrected chi connectivity index (χ3v) is 3.98. The predicted molar refractivity (Wildman–Crippen MR) is 81.7 cm³/mol. The lowest BCUT2D eigenvalue weighted by atomic mass is 9.85. The van der Waals surface area contributed by atoms with Crippen LogP contribution in [-0.4, -0.2) is 40.6 Å². The van der Waals surface area contributed by atoms with Gasteiger partial charge in [-0.25, -0.2) is 0 Å². The highest BCUT2D eigenvalue weighted by molar-refractivity contribution is 5.96. The zero-order chi connectivity index (χ0) is 15.3. The van der Waals surface area contributed by atoms with Crippen molar-refractivity contribution in [3.63, 3.8) is 0 Å². The van der Waals surface area contributed by atoms with Crippen LogP contribution < -0.4 is 0 Å². The Bertz CT molecular complexity index is 570. The molecule has 0 bridgehead atoms. The van der Waals surface area contributed by atoms with Gasteiger partial charge in [0.15, 0.2) is 0 Å². The third kappa shape index (κ3) is 4.05. The second-order valence-corrected chi connectivity index (χ2v) is 6.19. The fraction of sp³-hybridized carbons (Fsp3) is 0.529. The molecule has 1 aliphatic rings. The largest absolute Gasteiger partial charge is 0.384 e. The fourth-order valence-electron chi connectivity index (χ4n) is 2.61. The van der Waals surface area contributed by atoms with Crippen LogP contribution in [0.5, 0.6) is 0 Å². The first-order valence-electron chi connectivity index (χ1n) is 7.36. The maximum atomic E-state index is 12.7. The minimum atomic E-state index is -0.222. The summed E-state index contributed by atoms with van der Waals surface area (Å²) in [6, 6.07) is 1.71. The minimum Gasteiger partial charge on any atom is -0.384 e. The molecule has 1 aliphatic heterocycles. The van der Waals surface area contributed by atoms with E-state index >= 15 is 0 Å². The van der Waals surface area contributed by atoms with Crippen LogP contribution in [0, 0.1) is 17.3 Å². The van der Waals surface area contributed by atoms with Crippen LogP contribution in [0.25, 0.3) is 0 Å². The molecule has 0 aliphatic carbocycles. The van der Waals surface area contributed by atoms with Crippen LogP contribution in [0.4, 0.5) is 0 Å². The lowest BCUT2D eigenvalue weighted by Gasteiger charge is -2.23. The summed E-state index contributed by atoms with van der Waals surface area (Å²) in [4.78, 5) is 18.6. The zero-order valence-corrected chi connectivity index (χ0v) is 12.7.